The summed E-state index contributed by atoms with van der Waals surface area (Å²) in [5.41, 5.74) is 2.65. The van der Waals surface area contributed by atoms with Crippen molar-refractivity contribution in [2.45, 2.75) is 51.1 Å². The molecule has 1 aromatic carbocycles. The van der Waals surface area contributed by atoms with Crippen LogP contribution in [0, 0.1) is 0 Å². The molecule has 9 nitrogen and oxygen atoms in total. The Bertz CT molecular complexity index is 1170. The van der Waals surface area contributed by atoms with Crippen molar-refractivity contribution in [3.63, 3.8) is 0 Å². The molecule has 0 radical (unpaired) electrons. The van der Waals surface area contributed by atoms with Crippen molar-refractivity contribution >= 4 is 18.1 Å². The molecule has 0 heterocycles. The highest BCUT2D eigenvalue weighted by Crippen LogP contribution is 2.17. The topological polar surface area (TPSA) is 106 Å². The number of urea groups is 3. The quantitative estimate of drug-likeness (QED) is 0.133. The molecular weight excluding hydrogens is 552 g/mol. The fraction of sp³-hybridized carbons (Fsp3) is 0.400. The number of benzene rings is 1. The number of nitrogens with zero attached hydrogens (tertiary/aromatic N) is 2. The molecule has 4 N–H and O–H groups in total. The SMILES string of the molecule is C=C/C=C\C(=C)CN(Cc1ccccc1)C(=O)NC/C=C/C(=C\C=C)CNC(=O)N(C)CCCNC(=O)NC1CCCCC1. The summed E-state index contributed by atoms with van der Waals surface area (Å²) in [5.74, 6) is 0. The number of rotatable bonds is 17. The van der Waals surface area contributed by atoms with E-state index >= 15 is 0 Å². The molecule has 1 fully saturated rings. The number of hydrogen-bond acceptors (Lipinski definition) is 3. The van der Waals surface area contributed by atoms with Crippen LogP contribution in [0.5, 0.6) is 0 Å². The van der Waals surface area contributed by atoms with Crippen LogP contribution in [-0.2, 0) is 6.54 Å². The molecule has 238 valence electrons. The van der Waals surface area contributed by atoms with Gasteiger partial charge in [-0.2, -0.15) is 0 Å². The van der Waals surface area contributed by atoms with E-state index in [1.165, 1.54) is 19.3 Å². The highest BCUT2D eigenvalue weighted by molar-refractivity contribution is 5.75. The second-order valence-electron chi connectivity index (χ2n) is 10.8. The van der Waals surface area contributed by atoms with Crippen LogP contribution >= 0.6 is 0 Å². The molecule has 0 aromatic heterocycles. The van der Waals surface area contributed by atoms with E-state index in [4.69, 9.17) is 0 Å². The molecule has 0 atom stereocenters. The lowest BCUT2D eigenvalue weighted by atomic mass is 9.96. The monoisotopic (exact) mass is 602 g/mol. The minimum Gasteiger partial charge on any atom is -0.338 e. The first-order valence-corrected chi connectivity index (χ1v) is 15.4. The van der Waals surface area contributed by atoms with E-state index in [9.17, 15) is 14.4 Å². The summed E-state index contributed by atoms with van der Waals surface area (Å²) in [4.78, 5) is 41.0. The Kier molecular flexibility index (Phi) is 17.2. The first kappa shape index (κ1) is 35.7. The van der Waals surface area contributed by atoms with E-state index in [2.05, 4.69) is 41.0 Å². The van der Waals surface area contributed by atoms with Gasteiger partial charge in [0.05, 0.1) is 0 Å². The second kappa shape index (κ2) is 21.2. The molecule has 1 aliphatic rings. The molecule has 0 aliphatic heterocycles. The van der Waals surface area contributed by atoms with Crippen molar-refractivity contribution < 1.29 is 14.4 Å². The molecule has 0 spiro atoms. The normalized spacial score (nSPS) is 13.7. The Morgan fingerprint density at radius 2 is 1.70 bits per heavy atom. The van der Waals surface area contributed by atoms with Crippen molar-refractivity contribution in [1.29, 1.82) is 0 Å². The van der Waals surface area contributed by atoms with Crippen LogP contribution in [0.2, 0.25) is 0 Å². The van der Waals surface area contributed by atoms with E-state index in [-0.39, 0.29) is 24.1 Å². The van der Waals surface area contributed by atoms with Crippen molar-refractivity contribution in [3.05, 3.63) is 109 Å². The smallest absolute Gasteiger partial charge is 0.318 e. The van der Waals surface area contributed by atoms with Gasteiger partial charge in [0.2, 0.25) is 0 Å². The maximum atomic E-state index is 13.0. The predicted molar refractivity (Wildman–Crippen MR) is 180 cm³/mol. The van der Waals surface area contributed by atoms with Gasteiger partial charge in [-0.25, -0.2) is 14.4 Å². The number of carbonyl (C=O) groups is 3. The molecule has 0 bridgehead atoms. The Labute approximate surface area is 263 Å². The molecule has 2 rings (SSSR count). The number of hydrogen-bond donors (Lipinski definition) is 4. The van der Waals surface area contributed by atoms with Crippen molar-refractivity contribution in [2.75, 3.05) is 39.8 Å². The lowest BCUT2D eigenvalue weighted by molar-refractivity contribution is 0.201. The third kappa shape index (κ3) is 15.1. The minimum absolute atomic E-state index is 0.138. The van der Waals surface area contributed by atoms with Crippen LogP contribution in [0.25, 0.3) is 0 Å². The third-order valence-electron chi connectivity index (χ3n) is 7.09. The Hall–Kier alpha value is -4.53. The zero-order valence-electron chi connectivity index (χ0n) is 26.2. The molecular formula is C35H50N6O3. The maximum absolute atomic E-state index is 13.0. The van der Waals surface area contributed by atoms with Gasteiger partial charge in [0.15, 0.2) is 0 Å². The average Bonchev–Trinajstić information content (AvgIpc) is 3.03. The lowest BCUT2D eigenvalue weighted by Gasteiger charge is -2.23. The molecule has 1 aromatic rings. The van der Waals surface area contributed by atoms with Crippen LogP contribution in [0.1, 0.15) is 44.1 Å². The van der Waals surface area contributed by atoms with Crippen molar-refractivity contribution in [3.8, 4) is 0 Å². The zero-order valence-corrected chi connectivity index (χ0v) is 26.2. The largest absolute Gasteiger partial charge is 0.338 e. The summed E-state index contributed by atoms with van der Waals surface area (Å²) in [5, 5.41) is 11.8. The maximum Gasteiger partial charge on any atom is 0.318 e. The van der Waals surface area contributed by atoms with E-state index in [1.807, 2.05) is 54.6 Å². The molecule has 44 heavy (non-hydrogen) atoms. The second-order valence-corrected chi connectivity index (χ2v) is 10.8. The summed E-state index contributed by atoms with van der Waals surface area (Å²) in [7, 11) is 1.72. The number of amides is 6. The Morgan fingerprint density at radius 3 is 2.41 bits per heavy atom. The van der Waals surface area contributed by atoms with Crippen LogP contribution < -0.4 is 21.3 Å². The summed E-state index contributed by atoms with van der Waals surface area (Å²) < 4.78 is 0. The minimum atomic E-state index is -0.212. The van der Waals surface area contributed by atoms with E-state index < -0.39 is 0 Å². The summed E-state index contributed by atoms with van der Waals surface area (Å²) >= 11 is 0. The van der Waals surface area contributed by atoms with Gasteiger partial charge in [0, 0.05) is 52.4 Å². The highest BCUT2D eigenvalue weighted by atomic mass is 16.2. The highest BCUT2D eigenvalue weighted by Gasteiger charge is 2.16. The van der Waals surface area contributed by atoms with Gasteiger partial charge < -0.3 is 31.1 Å². The van der Waals surface area contributed by atoms with Gasteiger partial charge in [-0.15, -0.1) is 0 Å². The van der Waals surface area contributed by atoms with Crippen LogP contribution in [0.15, 0.2) is 104 Å². The number of allylic oxidation sites excluding steroid dienone is 4. The fourth-order valence-corrected chi connectivity index (χ4v) is 4.71. The van der Waals surface area contributed by atoms with Gasteiger partial charge in [-0.3, -0.25) is 0 Å². The first-order valence-electron chi connectivity index (χ1n) is 15.4. The zero-order chi connectivity index (χ0) is 32.0. The average molecular weight is 603 g/mol. The molecule has 0 saturated heterocycles. The van der Waals surface area contributed by atoms with Gasteiger partial charge in [0.1, 0.15) is 0 Å². The van der Waals surface area contributed by atoms with E-state index in [0.29, 0.717) is 45.7 Å². The predicted octanol–water partition coefficient (Wildman–Crippen LogP) is 5.83. The molecule has 1 aliphatic carbocycles. The fourth-order valence-electron chi connectivity index (χ4n) is 4.71. The van der Waals surface area contributed by atoms with Crippen LogP contribution in [0.3, 0.4) is 0 Å². The first-order chi connectivity index (χ1) is 21.3. The van der Waals surface area contributed by atoms with Gasteiger partial charge >= 0.3 is 18.1 Å². The molecule has 0 unspecified atom stereocenters. The van der Waals surface area contributed by atoms with Crippen LogP contribution in [-0.4, -0.2) is 73.7 Å². The lowest BCUT2D eigenvalue weighted by Crippen LogP contribution is -2.44. The molecule has 9 heteroatoms. The molecule has 6 amide bonds. The summed E-state index contributed by atoms with van der Waals surface area (Å²) in [6.45, 7) is 13.9. The Morgan fingerprint density at radius 1 is 0.955 bits per heavy atom. The van der Waals surface area contributed by atoms with Gasteiger partial charge in [-0.1, -0.05) is 112 Å². The van der Waals surface area contributed by atoms with E-state index in [1.54, 1.807) is 35.1 Å². The van der Waals surface area contributed by atoms with Crippen molar-refractivity contribution in [2.24, 2.45) is 0 Å². The third-order valence-corrected chi connectivity index (χ3v) is 7.09. The summed E-state index contributed by atoms with van der Waals surface area (Å²) in [6, 6.07) is 9.50. The number of nitrogens with one attached hydrogen (secondary N) is 4. The van der Waals surface area contributed by atoms with E-state index in [0.717, 1.165) is 29.6 Å². The van der Waals surface area contributed by atoms with Crippen molar-refractivity contribution in [1.82, 2.24) is 31.1 Å². The number of carbonyl (C=O) groups excluding carboxylic acids is 3. The van der Waals surface area contributed by atoms with Gasteiger partial charge in [-0.05, 0) is 36.0 Å². The molecule has 1 saturated carbocycles. The van der Waals surface area contributed by atoms with Crippen LogP contribution in [0.4, 0.5) is 14.4 Å². The summed E-state index contributed by atoms with van der Waals surface area (Å²) in [6.07, 6.45) is 18.8. The van der Waals surface area contributed by atoms with Gasteiger partial charge in [0.25, 0.3) is 0 Å². The Balaban J connectivity index is 1.76. The standard InChI is InChI=1S/C35H50N6O3/c1-5-7-17-29(3)27-41(28-31-18-10-8-11-19-31)35(44)37-23-14-20-30(16-6-2)26-38-34(43)40(4)25-15-24-36-33(42)39-32-21-12-9-13-22-32/h5-8,10-11,14,16-20,32H,1-3,9,12-13,15,21-28H2,4H3,(H,37,44)(H,38,43)(H2,36,39,42)/b17-7-,20-14+,30-16+.